The number of oxazole rings is 1. The normalized spacial score (nSPS) is 11.8. The zero-order valence-corrected chi connectivity index (χ0v) is 25.2. The average molecular weight is 603 g/mol. The Hall–Kier alpha value is -6.39. The summed E-state index contributed by atoms with van der Waals surface area (Å²) in [5, 5.41) is 9.06. The first kappa shape index (κ1) is 25.9. The summed E-state index contributed by atoms with van der Waals surface area (Å²) in [6.07, 6.45) is 0. The topological polar surface area (TPSA) is 42.4 Å². The molecular weight excluding hydrogens is 576 g/mol. The molecule has 0 radical (unpaired) electrons. The third kappa shape index (κ3) is 4.05. The Bertz CT molecular complexity index is 2760. The predicted molar refractivity (Wildman–Crippen MR) is 194 cm³/mol. The summed E-state index contributed by atoms with van der Waals surface area (Å²) < 4.78 is 13.4. The minimum Gasteiger partial charge on any atom is -0.452 e. The molecule has 4 heteroatoms. The highest BCUT2D eigenvalue weighted by Crippen LogP contribution is 2.47. The minimum absolute atomic E-state index is 0.562. The Morgan fingerprint density at radius 3 is 1.89 bits per heavy atom. The predicted octanol–water partition coefficient (Wildman–Crippen LogP) is 12.3. The molecule has 10 aromatic rings. The van der Waals surface area contributed by atoms with Crippen molar-refractivity contribution in [1.82, 2.24) is 4.98 Å². The number of fused-ring (bicyclic) bond motifs is 9. The molecule has 220 valence electrons. The van der Waals surface area contributed by atoms with E-state index in [9.17, 15) is 0 Å². The Morgan fingerprint density at radius 2 is 1.11 bits per heavy atom. The second-order valence-electron chi connectivity index (χ2n) is 12.0. The van der Waals surface area contributed by atoms with Crippen LogP contribution in [0.25, 0.3) is 76.8 Å². The van der Waals surface area contributed by atoms with Crippen LogP contribution >= 0.6 is 0 Å². The van der Waals surface area contributed by atoms with Gasteiger partial charge in [-0.2, -0.15) is 0 Å². The Balaban J connectivity index is 1.33. The standard InChI is InChI=1S/C43H26N2O2/c1-3-14-32(15-4-1)45(33-16-5-2-6-17-33)38-26-37-41(47-43(44-37)31-22-19-27-11-7-8-13-29(27)23-31)42-40(38)36-25-35-30(24-39(36)46-42)21-20-28-12-9-10-18-34(28)35/h1-26H. The number of benzene rings is 8. The lowest BCUT2D eigenvalue weighted by atomic mass is 9.99. The fourth-order valence-electron chi connectivity index (χ4n) is 7.01. The van der Waals surface area contributed by atoms with Gasteiger partial charge in [0.2, 0.25) is 5.89 Å². The summed E-state index contributed by atoms with van der Waals surface area (Å²) in [6, 6.07) is 55.1. The van der Waals surface area contributed by atoms with Crippen LogP contribution in [0.4, 0.5) is 17.1 Å². The molecule has 0 unspecified atom stereocenters. The van der Waals surface area contributed by atoms with Crippen LogP contribution in [0.1, 0.15) is 0 Å². The number of hydrogen-bond acceptors (Lipinski definition) is 4. The van der Waals surface area contributed by atoms with Crippen LogP contribution in [0.2, 0.25) is 0 Å². The summed E-state index contributed by atoms with van der Waals surface area (Å²) in [5.41, 5.74) is 6.84. The van der Waals surface area contributed by atoms with Crippen LogP contribution in [-0.2, 0) is 0 Å². The van der Waals surface area contributed by atoms with E-state index < -0.39 is 0 Å². The smallest absolute Gasteiger partial charge is 0.227 e. The zero-order valence-electron chi connectivity index (χ0n) is 25.2. The maximum atomic E-state index is 6.81. The average Bonchev–Trinajstić information content (AvgIpc) is 3.73. The van der Waals surface area contributed by atoms with Crippen molar-refractivity contribution < 1.29 is 8.83 Å². The molecule has 47 heavy (non-hydrogen) atoms. The second-order valence-corrected chi connectivity index (χ2v) is 12.0. The lowest BCUT2D eigenvalue weighted by Crippen LogP contribution is -2.10. The van der Waals surface area contributed by atoms with Gasteiger partial charge in [-0.1, -0.05) is 103 Å². The Labute approximate surface area is 269 Å². The first-order chi connectivity index (χ1) is 23.3. The van der Waals surface area contributed by atoms with E-state index in [0.717, 1.165) is 55.3 Å². The number of aromatic nitrogens is 1. The molecule has 0 aliphatic carbocycles. The maximum absolute atomic E-state index is 6.81. The van der Waals surface area contributed by atoms with Crippen molar-refractivity contribution in [2.24, 2.45) is 0 Å². The van der Waals surface area contributed by atoms with Crippen molar-refractivity contribution >= 4 is 82.4 Å². The van der Waals surface area contributed by atoms with Gasteiger partial charge in [0.25, 0.3) is 0 Å². The van der Waals surface area contributed by atoms with Gasteiger partial charge in [-0.3, -0.25) is 0 Å². The maximum Gasteiger partial charge on any atom is 0.227 e. The van der Waals surface area contributed by atoms with Crippen molar-refractivity contribution in [1.29, 1.82) is 0 Å². The van der Waals surface area contributed by atoms with E-state index in [0.29, 0.717) is 17.1 Å². The lowest BCUT2D eigenvalue weighted by Gasteiger charge is -2.26. The molecule has 0 bridgehead atoms. The van der Waals surface area contributed by atoms with Crippen molar-refractivity contribution in [3.8, 4) is 11.5 Å². The molecule has 0 spiro atoms. The molecule has 0 aliphatic heterocycles. The van der Waals surface area contributed by atoms with Gasteiger partial charge >= 0.3 is 0 Å². The molecule has 10 rings (SSSR count). The molecule has 0 amide bonds. The first-order valence-electron chi connectivity index (χ1n) is 15.8. The summed E-state index contributed by atoms with van der Waals surface area (Å²) in [4.78, 5) is 7.37. The minimum atomic E-state index is 0.562. The van der Waals surface area contributed by atoms with E-state index >= 15 is 0 Å². The third-order valence-electron chi connectivity index (χ3n) is 9.21. The SMILES string of the molecule is c1ccc(N(c2ccccc2)c2cc3nc(-c4ccc5ccccc5c4)oc3c3oc4cc5ccc6ccccc6c5cc4c23)cc1. The molecule has 0 atom stereocenters. The van der Waals surface area contributed by atoms with Crippen LogP contribution in [0, 0.1) is 0 Å². The van der Waals surface area contributed by atoms with Gasteiger partial charge < -0.3 is 13.7 Å². The van der Waals surface area contributed by atoms with Gasteiger partial charge in [0.15, 0.2) is 11.2 Å². The van der Waals surface area contributed by atoms with Crippen molar-refractivity contribution in [2.75, 3.05) is 4.90 Å². The summed E-state index contributed by atoms with van der Waals surface area (Å²) >= 11 is 0. The van der Waals surface area contributed by atoms with Gasteiger partial charge in [0.1, 0.15) is 11.1 Å². The fraction of sp³-hybridized carbons (Fsp3) is 0. The molecule has 4 nitrogen and oxygen atoms in total. The van der Waals surface area contributed by atoms with Crippen molar-refractivity contribution in [3.05, 3.63) is 158 Å². The number of rotatable bonds is 4. The summed E-state index contributed by atoms with van der Waals surface area (Å²) in [5.74, 6) is 0.562. The molecular formula is C43H26N2O2. The number of para-hydroxylation sites is 2. The van der Waals surface area contributed by atoms with Crippen LogP contribution in [0.5, 0.6) is 0 Å². The molecule has 0 aliphatic rings. The van der Waals surface area contributed by atoms with Gasteiger partial charge in [-0.25, -0.2) is 4.98 Å². The quantitative estimate of drug-likeness (QED) is 0.188. The lowest BCUT2D eigenvalue weighted by molar-refractivity contribution is 0.604. The van der Waals surface area contributed by atoms with E-state index in [-0.39, 0.29) is 0 Å². The number of furan rings is 1. The van der Waals surface area contributed by atoms with Crippen molar-refractivity contribution in [2.45, 2.75) is 0 Å². The van der Waals surface area contributed by atoms with Crippen LogP contribution in [0.3, 0.4) is 0 Å². The molecule has 0 N–H and O–H groups in total. The van der Waals surface area contributed by atoms with E-state index in [4.69, 9.17) is 13.8 Å². The number of nitrogens with zero attached hydrogens (tertiary/aromatic N) is 2. The van der Waals surface area contributed by atoms with Crippen LogP contribution in [-0.4, -0.2) is 4.98 Å². The molecule has 2 heterocycles. The van der Waals surface area contributed by atoms with E-state index in [2.05, 4.69) is 150 Å². The van der Waals surface area contributed by atoms with Gasteiger partial charge in [0.05, 0.1) is 11.1 Å². The van der Waals surface area contributed by atoms with Crippen LogP contribution < -0.4 is 4.90 Å². The summed E-state index contributed by atoms with van der Waals surface area (Å²) in [7, 11) is 0. The fourth-order valence-corrected chi connectivity index (χ4v) is 7.01. The van der Waals surface area contributed by atoms with Gasteiger partial charge in [-0.05, 0) is 86.9 Å². The Kier molecular flexibility index (Phi) is 5.54. The number of hydrogen-bond donors (Lipinski definition) is 0. The van der Waals surface area contributed by atoms with Crippen molar-refractivity contribution in [3.63, 3.8) is 0 Å². The highest BCUT2D eigenvalue weighted by atomic mass is 16.4. The van der Waals surface area contributed by atoms with E-state index in [1.54, 1.807) is 0 Å². The van der Waals surface area contributed by atoms with E-state index in [1.165, 1.54) is 21.5 Å². The summed E-state index contributed by atoms with van der Waals surface area (Å²) in [6.45, 7) is 0. The highest BCUT2D eigenvalue weighted by molar-refractivity contribution is 6.23. The molecule has 8 aromatic carbocycles. The highest BCUT2D eigenvalue weighted by Gasteiger charge is 2.25. The number of anilines is 3. The largest absolute Gasteiger partial charge is 0.452 e. The second kappa shape index (κ2) is 10.1. The first-order valence-corrected chi connectivity index (χ1v) is 15.8. The van der Waals surface area contributed by atoms with Gasteiger partial charge in [-0.15, -0.1) is 0 Å². The molecule has 2 aromatic heterocycles. The van der Waals surface area contributed by atoms with Crippen LogP contribution in [0.15, 0.2) is 167 Å². The van der Waals surface area contributed by atoms with Gasteiger partial charge in [0, 0.05) is 22.3 Å². The Morgan fingerprint density at radius 1 is 0.447 bits per heavy atom. The zero-order chi connectivity index (χ0) is 30.9. The third-order valence-corrected chi connectivity index (χ3v) is 9.21. The molecule has 0 saturated carbocycles. The molecule has 0 fully saturated rings. The van der Waals surface area contributed by atoms with E-state index in [1.807, 2.05) is 12.1 Å². The molecule has 0 saturated heterocycles. The monoisotopic (exact) mass is 602 g/mol.